The number of hydrogen-bond acceptors (Lipinski definition) is 3. The second kappa shape index (κ2) is 6.85. The van der Waals surface area contributed by atoms with Gasteiger partial charge in [0, 0.05) is 21.4 Å². The maximum absolute atomic E-state index is 13.7. The summed E-state index contributed by atoms with van der Waals surface area (Å²) in [6.07, 6.45) is 0. The Labute approximate surface area is 157 Å². The summed E-state index contributed by atoms with van der Waals surface area (Å²) in [7, 11) is 0. The third-order valence-corrected chi connectivity index (χ3v) is 5.17. The first-order valence-corrected chi connectivity index (χ1v) is 8.81. The van der Waals surface area contributed by atoms with Crippen LogP contribution < -0.4 is 10.6 Å². The molecule has 0 bridgehead atoms. The van der Waals surface area contributed by atoms with Crippen molar-refractivity contribution in [2.45, 2.75) is 9.79 Å². The lowest BCUT2D eigenvalue weighted by molar-refractivity contribution is 0.101. The molecule has 3 aromatic rings. The molecular weight excluding hydrogens is 370 g/mol. The van der Waals surface area contributed by atoms with Gasteiger partial charge < -0.3 is 10.6 Å². The number of anilines is 2. The first-order valence-electron chi connectivity index (χ1n) is 8.00. The molecule has 1 aliphatic heterocycles. The molecule has 7 heteroatoms. The van der Waals surface area contributed by atoms with Crippen LogP contribution in [0.25, 0.3) is 0 Å². The first kappa shape index (κ1) is 17.2. The number of benzene rings is 3. The molecule has 4 rings (SSSR count). The maximum atomic E-state index is 13.7. The SMILES string of the molecule is O=C(Nc1ccc(F)cc1F)c1ccc2c(c1)NC(=O)c1ccccc1S2. The van der Waals surface area contributed by atoms with Crippen LogP contribution in [0.1, 0.15) is 20.7 Å². The molecule has 0 spiro atoms. The predicted octanol–water partition coefficient (Wildman–Crippen LogP) is 4.93. The van der Waals surface area contributed by atoms with Crippen molar-refractivity contribution in [3.63, 3.8) is 0 Å². The molecule has 0 unspecified atom stereocenters. The van der Waals surface area contributed by atoms with Crippen molar-refractivity contribution in [3.05, 3.63) is 83.4 Å². The fourth-order valence-electron chi connectivity index (χ4n) is 2.69. The summed E-state index contributed by atoms with van der Waals surface area (Å²) in [6, 6.07) is 15.0. The van der Waals surface area contributed by atoms with E-state index in [1.54, 1.807) is 24.3 Å². The second-order valence-corrected chi connectivity index (χ2v) is 6.93. The van der Waals surface area contributed by atoms with Gasteiger partial charge in [-0.05, 0) is 42.5 Å². The summed E-state index contributed by atoms with van der Waals surface area (Å²) in [5.41, 5.74) is 1.16. The van der Waals surface area contributed by atoms with E-state index in [0.717, 1.165) is 21.9 Å². The van der Waals surface area contributed by atoms with E-state index in [9.17, 15) is 18.4 Å². The standard InChI is InChI=1S/C20H12F2N2O2S/c21-12-6-7-15(14(22)10-12)23-19(25)11-5-8-18-16(9-11)24-20(26)13-3-1-2-4-17(13)27-18/h1-10H,(H,23,25)(H,24,26). The summed E-state index contributed by atoms with van der Waals surface area (Å²) < 4.78 is 26.7. The Hall–Kier alpha value is -3.19. The third-order valence-electron chi connectivity index (χ3n) is 4.02. The minimum Gasteiger partial charge on any atom is -0.321 e. The molecule has 134 valence electrons. The zero-order valence-electron chi connectivity index (χ0n) is 13.8. The first-order chi connectivity index (χ1) is 13.0. The molecule has 4 nitrogen and oxygen atoms in total. The van der Waals surface area contributed by atoms with E-state index < -0.39 is 17.5 Å². The average molecular weight is 382 g/mol. The van der Waals surface area contributed by atoms with Gasteiger partial charge in [-0.15, -0.1) is 0 Å². The van der Waals surface area contributed by atoms with Gasteiger partial charge in [0.1, 0.15) is 11.6 Å². The molecule has 0 atom stereocenters. The smallest absolute Gasteiger partial charge is 0.256 e. The summed E-state index contributed by atoms with van der Waals surface area (Å²) in [5, 5.41) is 5.20. The summed E-state index contributed by atoms with van der Waals surface area (Å²) in [5.74, 6) is -2.42. The van der Waals surface area contributed by atoms with Gasteiger partial charge in [0.25, 0.3) is 11.8 Å². The minimum atomic E-state index is -0.864. The Morgan fingerprint density at radius 2 is 1.78 bits per heavy atom. The Balaban J connectivity index is 1.62. The highest BCUT2D eigenvalue weighted by molar-refractivity contribution is 7.99. The van der Waals surface area contributed by atoms with E-state index in [1.807, 2.05) is 12.1 Å². The lowest BCUT2D eigenvalue weighted by Gasteiger charge is -2.10. The van der Waals surface area contributed by atoms with Crippen LogP contribution >= 0.6 is 11.8 Å². The van der Waals surface area contributed by atoms with E-state index >= 15 is 0 Å². The molecule has 1 heterocycles. The monoisotopic (exact) mass is 382 g/mol. The molecule has 3 aromatic carbocycles. The molecule has 2 N–H and O–H groups in total. The Morgan fingerprint density at radius 3 is 2.59 bits per heavy atom. The fourth-order valence-corrected chi connectivity index (χ4v) is 3.70. The molecule has 0 aliphatic carbocycles. The van der Waals surface area contributed by atoms with Gasteiger partial charge in [-0.25, -0.2) is 8.78 Å². The Bertz CT molecular complexity index is 1090. The fraction of sp³-hybridized carbons (Fsp3) is 0. The number of hydrogen-bond donors (Lipinski definition) is 2. The Kier molecular flexibility index (Phi) is 4.37. The molecule has 0 aromatic heterocycles. The number of rotatable bonds is 2. The highest BCUT2D eigenvalue weighted by Crippen LogP contribution is 2.39. The summed E-state index contributed by atoms with van der Waals surface area (Å²) >= 11 is 1.42. The number of carbonyl (C=O) groups excluding carboxylic acids is 2. The molecule has 0 radical (unpaired) electrons. The van der Waals surface area contributed by atoms with Gasteiger partial charge in [0.15, 0.2) is 0 Å². The zero-order chi connectivity index (χ0) is 19.0. The van der Waals surface area contributed by atoms with Crippen LogP contribution in [0.4, 0.5) is 20.2 Å². The van der Waals surface area contributed by atoms with Gasteiger partial charge in [0.2, 0.25) is 0 Å². The molecule has 27 heavy (non-hydrogen) atoms. The van der Waals surface area contributed by atoms with Crippen LogP contribution in [0, 0.1) is 11.6 Å². The van der Waals surface area contributed by atoms with Crippen molar-refractivity contribution in [2.24, 2.45) is 0 Å². The lowest BCUT2D eigenvalue weighted by Crippen LogP contribution is -2.15. The molecule has 0 fully saturated rings. The maximum Gasteiger partial charge on any atom is 0.256 e. The molecular formula is C20H12F2N2O2S. The van der Waals surface area contributed by atoms with E-state index in [4.69, 9.17) is 0 Å². The van der Waals surface area contributed by atoms with Gasteiger partial charge in [-0.3, -0.25) is 9.59 Å². The third kappa shape index (κ3) is 3.41. The van der Waals surface area contributed by atoms with Crippen LogP contribution in [0.3, 0.4) is 0 Å². The molecule has 2 amide bonds. The van der Waals surface area contributed by atoms with E-state index in [1.165, 1.54) is 17.8 Å². The van der Waals surface area contributed by atoms with Gasteiger partial charge >= 0.3 is 0 Å². The largest absolute Gasteiger partial charge is 0.321 e. The topological polar surface area (TPSA) is 58.2 Å². The van der Waals surface area contributed by atoms with Gasteiger partial charge in [0.05, 0.1) is 16.9 Å². The number of nitrogens with one attached hydrogen (secondary N) is 2. The van der Waals surface area contributed by atoms with Crippen LogP contribution in [0.5, 0.6) is 0 Å². The van der Waals surface area contributed by atoms with E-state index in [-0.39, 0.29) is 17.2 Å². The number of halogens is 2. The number of fused-ring (bicyclic) bond motifs is 2. The predicted molar refractivity (Wildman–Crippen MR) is 99.3 cm³/mol. The van der Waals surface area contributed by atoms with Crippen molar-refractivity contribution >= 4 is 35.0 Å². The van der Waals surface area contributed by atoms with Crippen molar-refractivity contribution in [1.82, 2.24) is 0 Å². The second-order valence-electron chi connectivity index (χ2n) is 5.84. The summed E-state index contributed by atoms with van der Waals surface area (Å²) in [4.78, 5) is 26.4. The molecule has 0 saturated heterocycles. The van der Waals surface area contributed by atoms with Crippen LogP contribution in [-0.2, 0) is 0 Å². The van der Waals surface area contributed by atoms with Gasteiger partial charge in [-0.1, -0.05) is 23.9 Å². The van der Waals surface area contributed by atoms with Crippen molar-refractivity contribution in [2.75, 3.05) is 10.6 Å². The Morgan fingerprint density at radius 1 is 0.963 bits per heavy atom. The highest BCUT2D eigenvalue weighted by Gasteiger charge is 2.21. The van der Waals surface area contributed by atoms with E-state index in [2.05, 4.69) is 10.6 Å². The quantitative estimate of drug-likeness (QED) is 0.660. The molecule has 1 aliphatic rings. The normalized spacial score (nSPS) is 12.4. The summed E-state index contributed by atoms with van der Waals surface area (Å²) in [6.45, 7) is 0. The van der Waals surface area contributed by atoms with Crippen LogP contribution in [-0.4, -0.2) is 11.8 Å². The van der Waals surface area contributed by atoms with Gasteiger partial charge in [-0.2, -0.15) is 0 Å². The lowest BCUT2D eigenvalue weighted by atomic mass is 10.1. The van der Waals surface area contributed by atoms with Crippen molar-refractivity contribution in [3.8, 4) is 0 Å². The van der Waals surface area contributed by atoms with Crippen LogP contribution in [0.15, 0.2) is 70.5 Å². The highest BCUT2D eigenvalue weighted by atomic mass is 32.2. The van der Waals surface area contributed by atoms with E-state index in [0.29, 0.717) is 17.3 Å². The van der Waals surface area contributed by atoms with Crippen LogP contribution in [0.2, 0.25) is 0 Å². The number of carbonyl (C=O) groups is 2. The zero-order valence-corrected chi connectivity index (χ0v) is 14.6. The average Bonchev–Trinajstić information content (AvgIpc) is 2.79. The minimum absolute atomic E-state index is 0.123. The number of amides is 2. The molecule has 0 saturated carbocycles. The van der Waals surface area contributed by atoms with Crippen molar-refractivity contribution in [1.29, 1.82) is 0 Å². The van der Waals surface area contributed by atoms with Crippen molar-refractivity contribution < 1.29 is 18.4 Å².